The van der Waals surface area contributed by atoms with Crippen LogP contribution in [0.3, 0.4) is 0 Å². The molecule has 27 heavy (non-hydrogen) atoms. The molecule has 0 atom stereocenters. The molecule has 2 heterocycles. The number of nitrogens with one attached hydrogen (secondary N) is 1. The summed E-state index contributed by atoms with van der Waals surface area (Å²) in [5.74, 6) is -1.53. The maximum atomic E-state index is 15.1. The number of hydrogen-bond acceptors (Lipinski definition) is 4. The molecule has 0 aliphatic rings. The molecule has 0 unspecified atom stereocenters. The Morgan fingerprint density at radius 3 is 2.67 bits per heavy atom. The number of fused-ring (bicyclic) bond motifs is 1. The fraction of sp³-hybridized carbons (Fsp3) is 0.176. The summed E-state index contributed by atoms with van der Waals surface area (Å²) in [4.78, 5) is 20.0. The lowest BCUT2D eigenvalue weighted by molar-refractivity contribution is 0.103. The van der Waals surface area contributed by atoms with Crippen molar-refractivity contribution in [1.29, 1.82) is 0 Å². The van der Waals surface area contributed by atoms with Crippen LogP contribution in [0.1, 0.15) is 29.8 Å². The molecule has 3 N–H and O–H groups in total. The van der Waals surface area contributed by atoms with Crippen LogP contribution in [0.2, 0.25) is 0 Å². The van der Waals surface area contributed by atoms with Gasteiger partial charge in [-0.25, -0.2) is 14.5 Å². The van der Waals surface area contributed by atoms with Gasteiger partial charge in [0.25, 0.3) is 10.2 Å². The Morgan fingerprint density at radius 1 is 1.33 bits per heavy atom. The first-order valence-electron chi connectivity index (χ1n) is 7.89. The van der Waals surface area contributed by atoms with E-state index in [0.29, 0.717) is 11.0 Å². The maximum absolute atomic E-state index is 15.1. The third kappa shape index (κ3) is 3.69. The second-order valence-electron chi connectivity index (χ2n) is 6.15. The van der Waals surface area contributed by atoms with Gasteiger partial charge >= 0.3 is 0 Å². The molecule has 1 aromatic carbocycles. The molecule has 3 rings (SSSR count). The van der Waals surface area contributed by atoms with E-state index >= 15 is 4.39 Å². The summed E-state index contributed by atoms with van der Waals surface area (Å²) in [6.07, 6.45) is 3.10. The molecule has 2 aromatic heterocycles. The topological polar surface area (TPSA) is 109 Å². The Balaban J connectivity index is 2.15. The fourth-order valence-electron chi connectivity index (χ4n) is 2.89. The molecule has 7 nitrogen and oxygen atoms in total. The second-order valence-corrected chi connectivity index (χ2v) is 8.82. The van der Waals surface area contributed by atoms with Crippen LogP contribution in [0.25, 0.3) is 11.0 Å². The number of pyridine rings is 1. The van der Waals surface area contributed by atoms with Crippen molar-refractivity contribution >= 4 is 55.3 Å². The van der Waals surface area contributed by atoms with Crippen LogP contribution in [-0.4, -0.2) is 30.2 Å². The number of hydrogen-bond donors (Lipinski definition) is 2. The number of aromatic amines is 1. The van der Waals surface area contributed by atoms with Crippen LogP contribution >= 0.6 is 22.6 Å². The van der Waals surface area contributed by atoms with Crippen molar-refractivity contribution in [1.82, 2.24) is 9.97 Å². The van der Waals surface area contributed by atoms with E-state index in [1.165, 1.54) is 24.4 Å². The van der Waals surface area contributed by atoms with Gasteiger partial charge in [0.1, 0.15) is 5.65 Å². The Morgan fingerprint density at radius 2 is 2.04 bits per heavy atom. The van der Waals surface area contributed by atoms with Gasteiger partial charge in [0.2, 0.25) is 0 Å². The quantitative estimate of drug-likeness (QED) is 0.413. The van der Waals surface area contributed by atoms with E-state index < -0.39 is 27.9 Å². The van der Waals surface area contributed by atoms with Gasteiger partial charge in [-0.2, -0.15) is 8.42 Å². The van der Waals surface area contributed by atoms with Crippen LogP contribution in [0.5, 0.6) is 0 Å². The average Bonchev–Trinajstić information content (AvgIpc) is 2.97. The second kappa shape index (κ2) is 7.17. The highest BCUT2D eigenvalue weighted by Crippen LogP contribution is 2.29. The van der Waals surface area contributed by atoms with Crippen molar-refractivity contribution < 1.29 is 17.6 Å². The Labute approximate surface area is 169 Å². The average molecular weight is 502 g/mol. The standard InChI is InChI=1S/C17H16FIN4O3S/c1-9(2)23(27(20,25)26)14-5-3-4-11(15(14)18)16(24)13-8-22-17-12(13)6-10(19)7-21-17/h3-9H,1-2H3,(H,21,22)(H2,20,25,26). The van der Waals surface area contributed by atoms with E-state index in [2.05, 4.69) is 32.6 Å². The summed E-state index contributed by atoms with van der Waals surface area (Å²) in [7, 11) is -4.21. The number of rotatable bonds is 5. The molecule has 3 aromatic rings. The Bertz CT molecular complexity index is 1140. The zero-order valence-corrected chi connectivity index (χ0v) is 17.4. The monoisotopic (exact) mass is 502 g/mol. The van der Waals surface area contributed by atoms with Crippen molar-refractivity contribution in [2.45, 2.75) is 19.9 Å². The molecular formula is C17H16FIN4O3S. The molecule has 10 heteroatoms. The lowest BCUT2D eigenvalue weighted by Gasteiger charge is -2.26. The molecule has 0 spiro atoms. The van der Waals surface area contributed by atoms with Crippen LogP contribution in [0.15, 0.2) is 36.7 Å². The van der Waals surface area contributed by atoms with Crippen LogP contribution in [0, 0.1) is 9.39 Å². The number of benzene rings is 1. The molecule has 0 amide bonds. The number of carbonyl (C=O) groups excluding carboxylic acids is 1. The Hall–Kier alpha value is -2.05. The number of nitrogens with zero attached hydrogens (tertiary/aromatic N) is 2. The predicted octanol–water partition coefficient (Wildman–Crippen LogP) is 2.96. The largest absolute Gasteiger partial charge is 0.345 e. The van der Waals surface area contributed by atoms with Crippen molar-refractivity contribution in [3.05, 3.63) is 57.2 Å². The zero-order valence-electron chi connectivity index (χ0n) is 14.4. The molecule has 0 saturated carbocycles. The van der Waals surface area contributed by atoms with E-state index in [4.69, 9.17) is 5.14 Å². The molecule has 0 radical (unpaired) electrons. The molecule has 0 fully saturated rings. The van der Waals surface area contributed by atoms with Gasteiger partial charge in [0.15, 0.2) is 11.6 Å². The summed E-state index contributed by atoms with van der Waals surface area (Å²) in [5, 5.41) is 5.78. The van der Waals surface area contributed by atoms with Gasteiger partial charge in [-0.3, -0.25) is 9.10 Å². The third-order valence-corrected chi connectivity index (χ3v) is 5.70. The minimum Gasteiger partial charge on any atom is -0.345 e. The summed E-state index contributed by atoms with van der Waals surface area (Å²) in [6, 6.07) is 5.14. The van der Waals surface area contributed by atoms with Crippen molar-refractivity contribution in [3.8, 4) is 0 Å². The fourth-order valence-corrected chi connectivity index (χ4v) is 4.34. The number of halogens is 2. The maximum Gasteiger partial charge on any atom is 0.299 e. The van der Waals surface area contributed by atoms with Crippen LogP contribution in [0.4, 0.5) is 10.1 Å². The molecule has 0 aliphatic heterocycles. The van der Waals surface area contributed by atoms with E-state index in [1.807, 2.05) is 0 Å². The van der Waals surface area contributed by atoms with E-state index in [-0.39, 0.29) is 16.8 Å². The highest BCUT2D eigenvalue weighted by atomic mass is 127. The lowest BCUT2D eigenvalue weighted by Crippen LogP contribution is -2.42. The first-order chi connectivity index (χ1) is 12.6. The first kappa shape index (κ1) is 19.7. The first-order valence-corrected chi connectivity index (χ1v) is 10.5. The van der Waals surface area contributed by atoms with Crippen molar-refractivity contribution in [2.75, 3.05) is 4.31 Å². The zero-order chi connectivity index (χ0) is 19.9. The summed E-state index contributed by atoms with van der Waals surface area (Å²) < 4.78 is 40.5. The van der Waals surface area contributed by atoms with Gasteiger partial charge < -0.3 is 4.98 Å². The van der Waals surface area contributed by atoms with E-state index in [1.54, 1.807) is 26.1 Å². The van der Waals surface area contributed by atoms with E-state index in [0.717, 1.165) is 7.88 Å². The molecule has 0 saturated heterocycles. The molecule has 142 valence electrons. The summed E-state index contributed by atoms with van der Waals surface area (Å²) in [6.45, 7) is 3.12. The van der Waals surface area contributed by atoms with Crippen molar-refractivity contribution in [3.63, 3.8) is 0 Å². The highest BCUT2D eigenvalue weighted by molar-refractivity contribution is 14.1. The van der Waals surface area contributed by atoms with Crippen LogP contribution < -0.4 is 9.44 Å². The Kier molecular flexibility index (Phi) is 5.23. The van der Waals surface area contributed by atoms with Gasteiger partial charge in [0.05, 0.1) is 11.3 Å². The van der Waals surface area contributed by atoms with Crippen LogP contribution in [-0.2, 0) is 10.2 Å². The number of anilines is 1. The summed E-state index contributed by atoms with van der Waals surface area (Å²) >= 11 is 2.07. The number of carbonyl (C=O) groups is 1. The van der Waals surface area contributed by atoms with Crippen molar-refractivity contribution in [2.24, 2.45) is 5.14 Å². The predicted molar refractivity (Wildman–Crippen MR) is 109 cm³/mol. The summed E-state index contributed by atoms with van der Waals surface area (Å²) in [5.41, 5.74) is 0.231. The van der Waals surface area contributed by atoms with Gasteiger partial charge in [-0.05, 0) is 54.6 Å². The van der Waals surface area contributed by atoms with E-state index in [9.17, 15) is 13.2 Å². The number of aromatic nitrogens is 2. The molecule has 0 bridgehead atoms. The van der Waals surface area contributed by atoms with Gasteiger partial charge in [0, 0.05) is 33.0 Å². The SMILES string of the molecule is CC(C)N(c1cccc(C(=O)c2c[nH]c3ncc(I)cc23)c1F)S(N)(=O)=O. The lowest BCUT2D eigenvalue weighted by atomic mass is 10.0. The normalized spacial score (nSPS) is 11.9. The number of ketones is 1. The smallest absolute Gasteiger partial charge is 0.299 e. The minimum absolute atomic E-state index is 0.249. The third-order valence-electron chi connectivity index (χ3n) is 3.95. The number of H-pyrrole nitrogens is 1. The number of nitrogens with two attached hydrogens (primary N) is 1. The molecular weight excluding hydrogens is 486 g/mol. The highest BCUT2D eigenvalue weighted by Gasteiger charge is 2.28. The minimum atomic E-state index is -4.21. The van der Waals surface area contributed by atoms with Gasteiger partial charge in [-0.1, -0.05) is 6.07 Å². The van der Waals surface area contributed by atoms with Gasteiger partial charge in [-0.15, -0.1) is 0 Å². The molecule has 0 aliphatic carbocycles.